The first kappa shape index (κ1) is 13.9. The summed E-state index contributed by atoms with van der Waals surface area (Å²) in [7, 11) is 0. The van der Waals surface area contributed by atoms with Gasteiger partial charge in [0.2, 0.25) is 0 Å². The van der Waals surface area contributed by atoms with Crippen LogP contribution in [-0.4, -0.2) is 17.8 Å². The van der Waals surface area contributed by atoms with E-state index in [1.165, 1.54) is 0 Å². The quantitative estimate of drug-likeness (QED) is 0.699. The van der Waals surface area contributed by atoms with Crippen LogP contribution in [0.5, 0.6) is 0 Å². The van der Waals surface area contributed by atoms with Crippen molar-refractivity contribution < 1.29 is 9.84 Å². The van der Waals surface area contributed by atoms with Gasteiger partial charge in [0, 0.05) is 0 Å². The van der Waals surface area contributed by atoms with Gasteiger partial charge in [0.05, 0.1) is 19.3 Å². The number of ether oxygens (including phenoxy) is 1. The summed E-state index contributed by atoms with van der Waals surface area (Å²) in [4.78, 5) is 0. The van der Waals surface area contributed by atoms with Gasteiger partial charge in [-0.1, -0.05) is 50.3 Å². The molecule has 0 aliphatic carbocycles. The van der Waals surface area contributed by atoms with Gasteiger partial charge in [0.25, 0.3) is 0 Å². The average Bonchev–Trinajstić information content (AvgIpc) is 2.37. The lowest BCUT2D eigenvalue weighted by molar-refractivity contribution is 0.0440. The molecule has 0 aromatic heterocycles. The molecule has 1 atom stereocenters. The summed E-state index contributed by atoms with van der Waals surface area (Å²) in [6.45, 7) is 6.89. The van der Waals surface area contributed by atoms with Crippen LogP contribution in [0.3, 0.4) is 0 Å². The monoisotopic (exact) mass is 234 g/mol. The van der Waals surface area contributed by atoms with Gasteiger partial charge in [-0.15, -0.1) is 0 Å². The Morgan fingerprint density at radius 3 is 2.71 bits per heavy atom. The van der Waals surface area contributed by atoms with Crippen LogP contribution >= 0.6 is 0 Å². The smallest absolute Gasteiger partial charge is 0.0981 e. The van der Waals surface area contributed by atoms with Gasteiger partial charge >= 0.3 is 0 Å². The second-order valence-electron chi connectivity index (χ2n) is 4.28. The van der Waals surface area contributed by atoms with Crippen molar-refractivity contribution in [3.8, 4) is 0 Å². The average molecular weight is 234 g/mol. The van der Waals surface area contributed by atoms with Gasteiger partial charge in [-0.3, -0.25) is 0 Å². The molecule has 1 rings (SSSR count). The fraction of sp³-hybridized carbons (Fsp3) is 0.467. The Balaban J connectivity index is 2.20. The highest BCUT2D eigenvalue weighted by atomic mass is 16.5. The Bertz CT molecular complexity index is 319. The Morgan fingerprint density at radius 1 is 1.35 bits per heavy atom. The zero-order valence-electron chi connectivity index (χ0n) is 10.6. The van der Waals surface area contributed by atoms with E-state index in [1.807, 2.05) is 30.3 Å². The molecule has 17 heavy (non-hydrogen) atoms. The Kier molecular flexibility index (Phi) is 6.60. The van der Waals surface area contributed by atoms with E-state index in [2.05, 4.69) is 13.5 Å². The summed E-state index contributed by atoms with van der Waals surface area (Å²) in [5, 5.41) is 9.80. The van der Waals surface area contributed by atoms with Crippen molar-refractivity contribution >= 4 is 0 Å². The third kappa shape index (κ3) is 5.66. The molecule has 0 spiro atoms. The molecular weight excluding hydrogens is 212 g/mol. The molecule has 0 radical (unpaired) electrons. The standard InChI is InChI=1S/C15H22O2/c1-3-4-8-13(2)15(16)12-17-11-14-9-6-5-7-10-14/h5-7,9-10,15-16H,2-4,8,11-12H2,1H3. The molecule has 0 fully saturated rings. The van der Waals surface area contributed by atoms with Gasteiger partial charge in [-0.25, -0.2) is 0 Å². The molecule has 2 nitrogen and oxygen atoms in total. The van der Waals surface area contributed by atoms with Gasteiger partial charge in [0.1, 0.15) is 0 Å². The number of benzene rings is 1. The number of aliphatic hydroxyl groups is 1. The fourth-order valence-electron chi connectivity index (χ4n) is 1.55. The summed E-state index contributed by atoms with van der Waals surface area (Å²) < 4.78 is 5.47. The number of aliphatic hydroxyl groups excluding tert-OH is 1. The summed E-state index contributed by atoms with van der Waals surface area (Å²) in [6, 6.07) is 9.96. The first-order valence-corrected chi connectivity index (χ1v) is 6.21. The van der Waals surface area contributed by atoms with Gasteiger partial charge in [-0.05, 0) is 24.0 Å². The lowest BCUT2D eigenvalue weighted by Crippen LogP contribution is -2.17. The van der Waals surface area contributed by atoms with Crippen molar-refractivity contribution in [2.75, 3.05) is 6.61 Å². The van der Waals surface area contributed by atoms with E-state index < -0.39 is 6.10 Å². The van der Waals surface area contributed by atoms with Crippen molar-refractivity contribution in [3.05, 3.63) is 48.0 Å². The van der Waals surface area contributed by atoms with Crippen molar-refractivity contribution in [1.82, 2.24) is 0 Å². The van der Waals surface area contributed by atoms with Crippen LogP contribution in [0.4, 0.5) is 0 Å². The Labute approximate surface area is 104 Å². The molecule has 0 aliphatic rings. The van der Waals surface area contributed by atoms with E-state index >= 15 is 0 Å². The SMILES string of the molecule is C=C(CCCC)C(O)COCc1ccccc1. The molecule has 1 unspecified atom stereocenters. The molecule has 0 saturated carbocycles. The minimum absolute atomic E-state index is 0.331. The summed E-state index contributed by atoms with van der Waals surface area (Å²) >= 11 is 0. The van der Waals surface area contributed by atoms with Crippen LogP contribution < -0.4 is 0 Å². The molecule has 0 heterocycles. The number of hydrogen-bond donors (Lipinski definition) is 1. The Morgan fingerprint density at radius 2 is 2.06 bits per heavy atom. The molecule has 0 bridgehead atoms. The largest absolute Gasteiger partial charge is 0.386 e. The maximum Gasteiger partial charge on any atom is 0.0981 e. The van der Waals surface area contributed by atoms with Crippen LogP contribution in [0.2, 0.25) is 0 Å². The van der Waals surface area contributed by atoms with Gasteiger partial charge < -0.3 is 9.84 Å². The highest BCUT2D eigenvalue weighted by Crippen LogP contribution is 2.10. The minimum atomic E-state index is -0.537. The van der Waals surface area contributed by atoms with Crippen molar-refractivity contribution in [1.29, 1.82) is 0 Å². The molecule has 94 valence electrons. The van der Waals surface area contributed by atoms with E-state index in [4.69, 9.17) is 4.74 Å². The lowest BCUT2D eigenvalue weighted by Gasteiger charge is -2.13. The van der Waals surface area contributed by atoms with E-state index in [9.17, 15) is 5.11 Å². The maximum absolute atomic E-state index is 9.80. The van der Waals surface area contributed by atoms with Gasteiger partial charge in [-0.2, -0.15) is 0 Å². The zero-order valence-corrected chi connectivity index (χ0v) is 10.6. The Hall–Kier alpha value is -1.12. The molecule has 0 saturated heterocycles. The number of rotatable bonds is 8. The van der Waals surface area contributed by atoms with Crippen LogP contribution in [0.15, 0.2) is 42.5 Å². The molecule has 1 aromatic carbocycles. The first-order chi connectivity index (χ1) is 8.24. The van der Waals surface area contributed by atoms with Crippen LogP contribution in [0.25, 0.3) is 0 Å². The molecule has 1 N–H and O–H groups in total. The molecule has 0 amide bonds. The first-order valence-electron chi connectivity index (χ1n) is 6.21. The van der Waals surface area contributed by atoms with Crippen molar-refractivity contribution in [2.24, 2.45) is 0 Å². The summed E-state index contributed by atoms with van der Waals surface area (Å²) in [5.74, 6) is 0. The molecular formula is C15H22O2. The second-order valence-corrected chi connectivity index (χ2v) is 4.28. The predicted molar refractivity (Wildman–Crippen MR) is 70.8 cm³/mol. The molecule has 2 heteroatoms. The predicted octanol–water partition coefficient (Wildman–Crippen LogP) is 3.31. The summed E-state index contributed by atoms with van der Waals surface area (Å²) in [5.41, 5.74) is 2.00. The van der Waals surface area contributed by atoms with Gasteiger partial charge in [0.15, 0.2) is 0 Å². The van der Waals surface area contributed by atoms with Crippen LogP contribution in [0.1, 0.15) is 31.7 Å². The van der Waals surface area contributed by atoms with Crippen LogP contribution in [-0.2, 0) is 11.3 Å². The minimum Gasteiger partial charge on any atom is -0.386 e. The number of hydrogen-bond acceptors (Lipinski definition) is 2. The van der Waals surface area contributed by atoms with E-state index in [0.29, 0.717) is 13.2 Å². The summed E-state index contributed by atoms with van der Waals surface area (Å²) in [6.07, 6.45) is 2.54. The van der Waals surface area contributed by atoms with E-state index in [0.717, 1.165) is 30.4 Å². The lowest BCUT2D eigenvalue weighted by atomic mass is 10.1. The number of unbranched alkanes of at least 4 members (excludes halogenated alkanes) is 1. The normalized spacial score (nSPS) is 12.4. The highest BCUT2D eigenvalue weighted by Gasteiger charge is 2.08. The zero-order chi connectivity index (χ0) is 12.5. The highest BCUT2D eigenvalue weighted by molar-refractivity contribution is 5.13. The third-order valence-electron chi connectivity index (χ3n) is 2.71. The van der Waals surface area contributed by atoms with E-state index in [1.54, 1.807) is 0 Å². The van der Waals surface area contributed by atoms with Crippen molar-refractivity contribution in [3.63, 3.8) is 0 Å². The van der Waals surface area contributed by atoms with Crippen molar-refractivity contribution in [2.45, 2.75) is 38.9 Å². The maximum atomic E-state index is 9.80. The van der Waals surface area contributed by atoms with Crippen LogP contribution in [0, 0.1) is 0 Å². The molecule has 1 aromatic rings. The topological polar surface area (TPSA) is 29.5 Å². The molecule has 0 aliphatic heterocycles. The van der Waals surface area contributed by atoms with E-state index in [-0.39, 0.29) is 0 Å². The second kappa shape index (κ2) is 8.04. The third-order valence-corrected chi connectivity index (χ3v) is 2.71. The fourth-order valence-corrected chi connectivity index (χ4v) is 1.55.